The molecule has 2 aromatic rings. The van der Waals surface area contributed by atoms with Gasteiger partial charge in [-0.3, -0.25) is 34.2 Å². The highest BCUT2D eigenvalue weighted by atomic mass is 35.5. The maximum Gasteiger partial charge on any atom is 0.264 e. The quantitative estimate of drug-likeness (QED) is 0.750. The Morgan fingerprint density at radius 1 is 1.03 bits per heavy atom. The van der Waals surface area contributed by atoms with Crippen LogP contribution in [0.2, 0.25) is 5.02 Å². The number of fused-ring (bicyclic) bond motifs is 1. The third kappa shape index (κ3) is 3.17. The van der Waals surface area contributed by atoms with Crippen LogP contribution >= 0.6 is 11.6 Å². The summed E-state index contributed by atoms with van der Waals surface area (Å²) in [6.07, 6.45) is 0.0807. The van der Waals surface area contributed by atoms with E-state index in [0.29, 0.717) is 0 Å². The summed E-state index contributed by atoms with van der Waals surface area (Å²) in [7, 11) is 0. The summed E-state index contributed by atoms with van der Waals surface area (Å²) < 4.78 is 0. The highest BCUT2D eigenvalue weighted by Gasteiger charge is 2.45. The zero-order chi connectivity index (χ0) is 20.7. The van der Waals surface area contributed by atoms with Crippen LogP contribution in [0.3, 0.4) is 0 Å². The van der Waals surface area contributed by atoms with Crippen LogP contribution in [0, 0.1) is 0 Å². The van der Waals surface area contributed by atoms with Gasteiger partial charge >= 0.3 is 0 Å². The second-order valence-electron chi connectivity index (χ2n) is 6.61. The third-order valence-electron chi connectivity index (χ3n) is 4.83. The number of amides is 5. The Labute approximate surface area is 169 Å². The molecule has 1 atom stereocenters. The van der Waals surface area contributed by atoms with E-state index in [0.717, 1.165) is 4.90 Å². The van der Waals surface area contributed by atoms with Crippen molar-refractivity contribution in [2.75, 3.05) is 5.32 Å². The van der Waals surface area contributed by atoms with Gasteiger partial charge < -0.3 is 5.32 Å². The van der Waals surface area contributed by atoms with E-state index in [4.69, 9.17) is 11.6 Å². The maximum absolute atomic E-state index is 13.0. The number of hydrogen-bond donors (Lipinski definition) is 2. The highest BCUT2D eigenvalue weighted by molar-refractivity contribution is 6.34. The van der Waals surface area contributed by atoms with Crippen molar-refractivity contribution in [3.63, 3.8) is 0 Å². The molecule has 0 saturated carbocycles. The van der Waals surface area contributed by atoms with Crippen molar-refractivity contribution in [2.24, 2.45) is 0 Å². The molecule has 1 fully saturated rings. The lowest BCUT2D eigenvalue weighted by Gasteiger charge is -2.27. The van der Waals surface area contributed by atoms with E-state index >= 15 is 0 Å². The molecule has 0 bridgehead atoms. The molecule has 2 aromatic carbocycles. The first kappa shape index (κ1) is 18.8. The van der Waals surface area contributed by atoms with E-state index in [1.54, 1.807) is 18.2 Å². The predicted molar refractivity (Wildman–Crippen MR) is 103 cm³/mol. The number of piperidine rings is 1. The molecular formula is C20H14ClN3O5. The topological polar surface area (TPSA) is 113 Å². The summed E-state index contributed by atoms with van der Waals surface area (Å²) in [5.41, 5.74) is 0.436. The molecule has 0 aromatic heterocycles. The van der Waals surface area contributed by atoms with Gasteiger partial charge in [-0.15, -0.1) is 0 Å². The predicted octanol–water partition coefficient (Wildman–Crippen LogP) is 1.99. The van der Waals surface area contributed by atoms with Crippen LogP contribution in [-0.2, 0) is 9.59 Å². The number of nitrogens with zero attached hydrogens (tertiary/aromatic N) is 1. The summed E-state index contributed by atoms with van der Waals surface area (Å²) in [5.74, 6) is -3.03. The van der Waals surface area contributed by atoms with Crippen LogP contribution in [0.5, 0.6) is 0 Å². The highest BCUT2D eigenvalue weighted by Crippen LogP contribution is 2.32. The molecule has 2 heterocycles. The van der Waals surface area contributed by atoms with Crippen molar-refractivity contribution in [2.45, 2.75) is 18.9 Å². The van der Waals surface area contributed by atoms with Gasteiger partial charge in [-0.25, -0.2) is 0 Å². The zero-order valence-corrected chi connectivity index (χ0v) is 15.7. The molecule has 2 N–H and O–H groups in total. The Morgan fingerprint density at radius 3 is 2.52 bits per heavy atom. The first-order valence-electron chi connectivity index (χ1n) is 8.79. The summed E-state index contributed by atoms with van der Waals surface area (Å²) >= 11 is 6.04. The van der Waals surface area contributed by atoms with Gasteiger partial charge in [0.1, 0.15) is 6.04 Å². The molecule has 0 aliphatic carbocycles. The van der Waals surface area contributed by atoms with Gasteiger partial charge in [0.15, 0.2) is 0 Å². The normalized spacial score (nSPS) is 18.5. The molecule has 29 heavy (non-hydrogen) atoms. The molecule has 9 heteroatoms. The molecule has 1 saturated heterocycles. The Kier molecular flexibility index (Phi) is 4.63. The fourth-order valence-corrected chi connectivity index (χ4v) is 3.68. The second kappa shape index (κ2) is 7.14. The number of anilines is 1. The minimum Gasteiger partial charge on any atom is -0.321 e. The van der Waals surface area contributed by atoms with Crippen LogP contribution in [0.25, 0.3) is 0 Å². The van der Waals surface area contributed by atoms with Crippen molar-refractivity contribution in [3.05, 3.63) is 64.2 Å². The van der Waals surface area contributed by atoms with Crippen molar-refractivity contribution in [3.8, 4) is 0 Å². The lowest BCUT2D eigenvalue weighted by atomic mass is 10.0. The van der Waals surface area contributed by atoms with E-state index in [2.05, 4.69) is 10.6 Å². The molecule has 2 aliphatic rings. The second-order valence-corrected chi connectivity index (χ2v) is 7.02. The molecule has 0 radical (unpaired) electrons. The molecule has 8 nitrogen and oxygen atoms in total. The lowest BCUT2D eigenvalue weighted by Crippen LogP contribution is -2.54. The smallest absolute Gasteiger partial charge is 0.264 e. The molecule has 1 unspecified atom stereocenters. The Morgan fingerprint density at radius 2 is 1.79 bits per heavy atom. The van der Waals surface area contributed by atoms with Crippen LogP contribution in [0.1, 0.15) is 43.9 Å². The fourth-order valence-electron chi connectivity index (χ4n) is 3.45. The third-order valence-corrected chi connectivity index (χ3v) is 5.16. The number of carbonyl (C=O) groups excluding carboxylic acids is 5. The van der Waals surface area contributed by atoms with E-state index in [1.807, 2.05) is 0 Å². The van der Waals surface area contributed by atoms with Gasteiger partial charge in [0.2, 0.25) is 11.8 Å². The largest absolute Gasteiger partial charge is 0.321 e. The number of halogens is 1. The average molecular weight is 412 g/mol. The van der Waals surface area contributed by atoms with E-state index in [9.17, 15) is 24.0 Å². The van der Waals surface area contributed by atoms with Gasteiger partial charge in [0.25, 0.3) is 17.7 Å². The molecule has 4 rings (SSSR count). The Hall–Kier alpha value is -3.52. The minimum atomic E-state index is -1.08. The van der Waals surface area contributed by atoms with Crippen LogP contribution in [0.4, 0.5) is 5.69 Å². The fraction of sp³-hybridized carbons (Fsp3) is 0.150. The number of hydrogen-bond acceptors (Lipinski definition) is 5. The van der Waals surface area contributed by atoms with Gasteiger partial charge in [0.05, 0.1) is 27.4 Å². The number of nitrogens with one attached hydrogen (secondary N) is 2. The van der Waals surface area contributed by atoms with Crippen molar-refractivity contribution < 1.29 is 24.0 Å². The average Bonchev–Trinajstić information content (AvgIpc) is 2.94. The summed E-state index contributed by atoms with van der Waals surface area (Å²) in [6, 6.07) is 9.82. The molecule has 0 spiro atoms. The van der Waals surface area contributed by atoms with Gasteiger partial charge in [-0.05, 0) is 30.7 Å². The summed E-state index contributed by atoms with van der Waals surface area (Å²) in [5, 5.41) is 5.00. The van der Waals surface area contributed by atoms with E-state index in [1.165, 1.54) is 24.3 Å². The molecule has 5 amide bonds. The number of benzene rings is 2. The molecule has 2 aliphatic heterocycles. The van der Waals surface area contributed by atoms with Crippen molar-refractivity contribution in [1.82, 2.24) is 10.2 Å². The molecule has 146 valence electrons. The SMILES string of the molecule is O=C1CCC(N2C(=O)c3cccc(NC(=O)c4ccccc4Cl)c3C2=O)C(=O)N1. The van der Waals surface area contributed by atoms with Gasteiger partial charge in [0, 0.05) is 6.42 Å². The van der Waals surface area contributed by atoms with Crippen LogP contribution in [-0.4, -0.2) is 40.5 Å². The van der Waals surface area contributed by atoms with Crippen molar-refractivity contribution in [1.29, 1.82) is 0 Å². The number of rotatable bonds is 3. The minimum absolute atomic E-state index is 0.00241. The summed E-state index contributed by atoms with van der Waals surface area (Å²) in [4.78, 5) is 62.8. The maximum atomic E-state index is 13.0. The van der Waals surface area contributed by atoms with Crippen LogP contribution in [0.15, 0.2) is 42.5 Å². The molecular weight excluding hydrogens is 398 g/mol. The number of carbonyl (C=O) groups is 5. The number of imide groups is 2. The monoisotopic (exact) mass is 411 g/mol. The van der Waals surface area contributed by atoms with Gasteiger partial charge in [-0.2, -0.15) is 0 Å². The standard InChI is InChI=1S/C20H14ClN3O5/c21-12-6-2-1-4-10(12)17(26)22-13-7-3-5-11-16(13)20(29)24(19(11)28)14-8-9-15(25)23-18(14)27/h1-7,14H,8-9H2,(H,22,26)(H,23,25,27). The van der Waals surface area contributed by atoms with E-state index in [-0.39, 0.29) is 40.2 Å². The first-order valence-corrected chi connectivity index (χ1v) is 9.16. The van der Waals surface area contributed by atoms with E-state index < -0.39 is 35.6 Å². The zero-order valence-electron chi connectivity index (χ0n) is 14.9. The summed E-state index contributed by atoms with van der Waals surface area (Å²) in [6.45, 7) is 0. The van der Waals surface area contributed by atoms with Gasteiger partial charge in [-0.1, -0.05) is 29.8 Å². The van der Waals surface area contributed by atoms with Crippen molar-refractivity contribution >= 4 is 46.8 Å². The van der Waals surface area contributed by atoms with Crippen LogP contribution < -0.4 is 10.6 Å². The Bertz CT molecular complexity index is 1100. The first-order chi connectivity index (χ1) is 13.9. The lowest BCUT2D eigenvalue weighted by molar-refractivity contribution is -0.136. The Balaban J connectivity index is 1.66.